The van der Waals surface area contributed by atoms with Crippen molar-refractivity contribution in [1.29, 1.82) is 0 Å². The highest BCUT2D eigenvalue weighted by Gasteiger charge is 2.22. The molecule has 1 atom stereocenters. The second-order valence-electron chi connectivity index (χ2n) is 7.72. The summed E-state index contributed by atoms with van der Waals surface area (Å²) in [5, 5.41) is 9.73. The largest absolute Gasteiger partial charge is 0.508 e. The normalized spacial score (nSPS) is 16.5. The molecule has 0 bridgehead atoms. The number of carbonyl (C=O) groups is 1. The van der Waals surface area contributed by atoms with Crippen molar-refractivity contribution in [2.24, 2.45) is 5.73 Å². The molecule has 4 N–H and O–H groups in total. The average molecular weight is 404 g/mol. The fraction of sp³-hybridized carbons (Fsp3) is 0.261. The van der Waals surface area contributed by atoms with Crippen molar-refractivity contribution in [1.82, 2.24) is 14.9 Å². The molecular formula is C23H24N4O3. The first-order chi connectivity index (χ1) is 14.4. The van der Waals surface area contributed by atoms with Crippen LogP contribution in [0.15, 0.2) is 53.3 Å². The van der Waals surface area contributed by atoms with Crippen LogP contribution in [0.2, 0.25) is 0 Å². The zero-order chi connectivity index (χ0) is 21.3. The fourth-order valence-corrected chi connectivity index (χ4v) is 3.75. The minimum absolute atomic E-state index is 0.0276. The first-order valence-corrected chi connectivity index (χ1v) is 9.97. The number of hydrogen-bond donors (Lipinski definition) is 3. The molecule has 0 saturated carbocycles. The Balaban J connectivity index is 1.61. The number of piperidine rings is 1. The second kappa shape index (κ2) is 8.12. The van der Waals surface area contributed by atoms with Gasteiger partial charge in [-0.3, -0.25) is 4.79 Å². The Labute approximate surface area is 174 Å². The van der Waals surface area contributed by atoms with Crippen molar-refractivity contribution in [2.45, 2.75) is 25.8 Å². The van der Waals surface area contributed by atoms with Gasteiger partial charge in [-0.25, -0.2) is 4.79 Å². The lowest BCUT2D eigenvalue weighted by atomic mass is 10.0. The summed E-state index contributed by atoms with van der Waals surface area (Å²) in [7, 11) is 0. The molecule has 0 aliphatic carbocycles. The third-order valence-electron chi connectivity index (χ3n) is 5.43. The van der Waals surface area contributed by atoms with Crippen molar-refractivity contribution >= 4 is 5.91 Å². The number of aromatic hydroxyl groups is 1. The number of hydrogen-bond acceptors (Lipinski definition) is 5. The van der Waals surface area contributed by atoms with Crippen LogP contribution in [-0.4, -0.2) is 45.0 Å². The molecule has 1 amide bonds. The number of H-pyrrole nitrogens is 1. The molecule has 154 valence electrons. The molecule has 1 aliphatic rings. The maximum Gasteiger partial charge on any atom is 0.345 e. The molecule has 1 fully saturated rings. The van der Waals surface area contributed by atoms with Gasteiger partial charge in [0, 0.05) is 30.3 Å². The van der Waals surface area contributed by atoms with E-state index in [9.17, 15) is 14.7 Å². The Bertz CT molecular complexity index is 1140. The molecular weight excluding hydrogens is 380 g/mol. The monoisotopic (exact) mass is 404 g/mol. The molecule has 1 aromatic heterocycles. The van der Waals surface area contributed by atoms with Crippen LogP contribution in [0, 0.1) is 6.92 Å². The maximum absolute atomic E-state index is 12.7. The summed E-state index contributed by atoms with van der Waals surface area (Å²) in [6, 6.07) is 14.1. The number of nitrogens with two attached hydrogens (primary N) is 1. The van der Waals surface area contributed by atoms with Crippen molar-refractivity contribution in [2.75, 3.05) is 13.1 Å². The van der Waals surface area contributed by atoms with Crippen LogP contribution in [0.1, 0.15) is 28.8 Å². The highest BCUT2D eigenvalue weighted by atomic mass is 16.3. The second-order valence-corrected chi connectivity index (χ2v) is 7.72. The summed E-state index contributed by atoms with van der Waals surface area (Å²) in [5.41, 5.74) is 9.46. The van der Waals surface area contributed by atoms with E-state index >= 15 is 0 Å². The van der Waals surface area contributed by atoms with Gasteiger partial charge < -0.3 is 20.7 Å². The van der Waals surface area contributed by atoms with Gasteiger partial charge in [0.1, 0.15) is 5.75 Å². The predicted octanol–water partition coefficient (Wildman–Crippen LogP) is 2.68. The number of aromatic amines is 1. The number of carbonyl (C=O) groups excluding carboxylic acids is 1. The van der Waals surface area contributed by atoms with Crippen LogP contribution in [0.3, 0.4) is 0 Å². The first kappa shape index (κ1) is 19.8. The van der Waals surface area contributed by atoms with Crippen molar-refractivity contribution < 1.29 is 9.90 Å². The van der Waals surface area contributed by atoms with Gasteiger partial charge in [0.05, 0.1) is 11.4 Å². The Morgan fingerprint density at radius 3 is 2.60 bits per heavy atom. The minimum atomic E-state index is -0.462. The van der Waals surface area contributed by atoms with Gasteiger partial charge in [0.25, 0.3) is 5.91 Å². The molecule has 1 aliphatic heterocycles. The minimum Gasteiger partial charge on any atom is -0.508 e. The lowest BCUT2D eigenvalue weighted by Gasteiger charge is -2.30. The summed E-state index contributed by atoms with van der Waals surface area (Å²) < 4.78 is 0. The van der Waals surface area contributed by atoms with Crippen LogP contribution in [0.5, 0.6) is 5.75 Å². The molecule has 1 unspecified atom stereocenters. The summed E-state index contributed by atoms with van der Waals surface area (Å²) in [5.74, 6) is 0.166. The number of phenols is 1. The van der Waals surface area contributed by atoms with Gasteiger partial charge in [-0.2, -0.15) is 4.98 Å². The molecule has 2 aromatic carbocycles. The molecule has 1 saturated heterocycles. The van der Waals surface area contributed by atoms with E-state index in [0.29, 0.717) is 29.1 Å². The molecule has 7 nitrogen and oxygen atoms in total. The van der Waals surface area contributed by atoms with E-state index in [1.54, 1.807) is 48.2 Å². The Kier molecular flexibility index (Phi) is 5.37. The molecule has 30 heavy (non-hydrogen) atoms. The number of likely N-dealkylation sites (tertiary alicyclic amines) is 1. The number of rotatable bonds is 3. The predicted molar refractivity (Wildman–Crippen MR) is 115 cm³/mol. The van der Waals surface area contributed by atoms with E-state index in [-0.39, 0.29) is 17.7 Å². The van der Waals surface area contributed by atoms with Gasteiger partial charge in [-0.05, 0) is 67.3 Å². The Morgan fingerprint density at radius 1 is 1.17 bits per heavy atom. The highest BCUT2D eigenvalue weighted by molar-refractivity contribution is 5.94. The summed E-state index contributed by atoms with van der Waals surface area (Å²) in [6.07, 6.45) is 1.86. The van der Waals surface area contributed by atoms with Gasteiger partial charge in [0.2, 0.25) is 0 Å². The third-order valence-corrected chi connectivity index (χ3v) is 5.43. The van der Waals surface area contributed by atoms with Crippen LogP contribution in [-0.2, 0) is 0 Å². The lowest BCUT2D eigenvalue weighted by Crippen LogP contribution is -2.45. The zero-order valence-electron chi connectivity index (χ0n) is 16.8. The van der Waals surface area contributed by atoms with E-state index in [0.717, 1.165) is 30.5 Å². The van der Waals surface area contributed by atoms with Crippen molar-refractivity contribution in [3.63, 3.8) is 0 Å². The summed E-state index contributed by atoms with van der Waals surface area (Å²) in [6.45, 7) is 3.09. The number of nitrogens with zero attached hydrogens (tertiary/aromatic N) is 2. The van der Waals surface area contributed by atoms with Gasteiger partial charge >= 0.3 is 5.69 Å². The topological polar surface area (TPSA) is 112 Å². The Hall–Kier alpha value is -3.45. The van der Waals surface area contributed by atoms with Crippen LogP contribution >= 0.6 is 0 Å². The van der Waals surface area contributed by atoms with Crippen molar-refractivity contribution in [3.8, 4) is 28.3 Å². The molecule has 2 heterocycles. The molecule has 3 aromatic rings. The molecule has 0 spiro atoms. The van der Waals surface area contributed by atoms with E-state index < -0.39 is 5.69 Å². The quantitative estimate of drug-likeness (QED) is 0.621. The molecule has 4 rings (SSSR count). The van der Waals surface area contributed by atoms with Gasteiger partial charge in [-0.1, -0.05) is 12.1 Å². The SMILES string of the molecule is Cc1cc(-c2cc(-c3ccc(C(=O)N4CCCC(N)C4)cc3)[nH]c(=O)n2)ccc1O. The third kappa shape index (κ3) is 4.11. The summed E-state index contributed by atoms with van der Waals surface area (Å²) in [4.78, 5) is 33.5. The number of amides is 1. The number of benzene rings is 2. The van der Waals surface area contributed by atoms with E-state index in [1.165, 1.54) is 0 Å². The van der Waals surface area contributed by atoms with Crippen LogP contribution in [0.25, 0.3) is 22.5 Å². The van der Waals surface area contributed by atoms with Crippen molar-refractivity contribution in [3.05, 3.63) is 70.1 Å². The van der Waals surface area contributed by atoms with Crippen LogP contribution in [0.4, 0.5) is 0 Å². The summed E-state index contributed by atoms with van der Waals surface area (Å²) >= 11 is 0. The van der Waals surface area contributed by atoms with Crippen LogP contribution < -0.4 is 11.4 Å². The molecule has 0 radical (unpaired) electrons. The maximum atomic E-state index is 12.7. The molecule has 7 heteroatoms. The number of aryl methyl sites for hydroxylation is 1. The standard InChI is InChI=1S/C23H24N4O3/c1-14-11-17(8-9-21(14)28)20-12-19(25-23(30)26-20)15-4-6-16(7-5-15)22(29)27-10-2-3-18(24)13-27/h4-9,11-12,18,28H,2-3,10,13,24H2,1H3,(H,25,26,30). The van der Waals surface area contributed by atoms with E-state index in [2.05, 4.69) is 9.97 Å². The van der Waals surface area contributed by atoms with E-state index in [4.69, 9.17) is 5.73 Å². The zero-order valence-corrected chi connectivity index (χ0v) is 16.8. The number of aromatic nitrogens is 2. The van der Waals surface area contributed by atoms with Gasteiger partial charge in [-0.15, -0.1) is 0 Å². The highest BCUT2D eigenvalue weighted by Crippen LogP contribution is 2.26. The van der Waals surface area contributed by atoms with Gasteiger partial charge in [0.15, 0.2) is 0 Å². The number of phenolic OH excluding ortho intramolecular Hbond substituents is 1. The van der Waals surface area contributed by atoms with E-state index in [1.807, 2.05) is 12.1 Å². The Morgan fingerprint density at radius 2 is 1.90 bits per heavy atom. The smallest absolute Gasteiger partial charge is 0.345 e. The average Bonchev–Trinajstić information content (AvgIpc) is 2.75. The fourth-order valence-electron chi connectivity index (χ4n) is 3.75. The lowest BCUT2D eigenvalue weighted by molar-refractivity contribution is 0.0709. The first-order valence-electron chi connectivity index (χ1n) is 9.97. The number of nitrogens with one attached hydrogen (secondary N) is 1.